The fourth-order valence-corrected chi connectivity index (χ4v) is 3.35. The van der Waals surface area contributed by atoms with E-state index in [9.17, 15) is 14.9 Å². The minimum atomic E-state index is -0.428. The lowest BCUT2D eigenvalue weighted by Gasteiger charge is -2.37. The van der Waals surface area contributed by atoms with Crippen LogP contribution >= 0.6 is 0 Å². The summed E-state index contributed by atoms with van der Waals surface area (Å²) < 4.78 is 0. The van der Waals surface area contributed by atoms with Crippen LogP contribution in [0, 0.1) is 10.1 Å². The first-order valence-electron chi connectivity index (χ1n) is 8.09. The molecule has 2 heterocycles. The number of benzene rings is 1. The molecular formula is C16H22N4O3. The van der Waals surface area contributed by atoms with Gasteiger partial charge in [0.25, 0.3) is 5.69 Å². The first-order valence-corrected chi connectivity index (χ1v) is 8.09. The average molecular weight is 318 g/mol. The molecule has 2 fully saturated rings. The molecule has 0 aromatic heterocycles. The van der Waals surface area contributed by atoms with Crippen LogP contribution in [0.5, 0.6) is 0 Å². The number of nitro benzene ring substituents is 1. The highest BCUT2D eigenvalue weighted by molar-refractivity contribution is 5.79. The molecule has 1 unspecified atom stereocenters. The van der Waals surface area contributed by atoms with Crippen LogP contribution in [-0.2, 0) is 11.2 Å². The van der Waals surface area contributed by atoms with Gasteiger partial charge in [0.2, 0.25) is 5.91 Å². The molecule has 1 N–H and O–H groups in total. The van der Waals surface area contributed by atoms with Crippen molar-refractivity contribution in [3.05, 3.63) is 39.9 Å². The number of nitrogens with one attached hydrogen (secondary N) is 1. The molecule has 0 radical (unpaired) electrons. The van der Waals surface area contributed by atoms with Crippen molar-refractivity contribution in [2.75, 3.05) is 39.3 Å². The first kappa shape index (κ1) is 15.9. The molecule has 0 saturated carbocycles. The van der Waals surface area contributed by atoms with Gasteiger partial charge in [0, 0.05) is 50.9 Å². The Labute approximate surface area is 135 Å². The quantitative estimate of drug-likeness (QED) is 0.651. The van der Waals surface area contributed by atoms with Crippen molar-refractivity contribution in [3.63, 3.8) is 0 Å². The van der Waals surface area contributed by atoms with E-state index in [1.165, 1.54) is 18.6 Å². The lowest BCUT2D eigenvalue weighted by atomic mass is 10.1. The number of piperazine rings is 1. The highest BCUT2D eigenvalue weighted by atomic mass is 16.6. The van der Waals surface area contributed by atoms with Crippen LogP contribution in [0.25, 0.3) is 0 Å². The Morgan fingerprint density at radius 3 is 2.74 bits per heavy atom. The molecule has 1 atom stereocenters. The van der Waals surface area contributed by atoms with E-state index < -0.39 is 4.92 Å². The zero-order chi connectivity index (χ0) is 16.2. The first-order chi connectivity index (χ1) is 11.1. The van der Waals surface area contributed by atoms with Gasteiger partial charge in [-0.1, -0.05) is 12.1 Å². The van der Waals surface area contributed by atoms with Gasteiger partial charge in [-0.15, -0.1) is 0 Å². The van der Waals surface area contributed by atoms with Crippen molar-refractivity contribution in [2.45, 2.75) is 18.9 Å². The van der Waals surface area contributed by atoms with E-state index >= 15 is 0 Å². The van der Waals surface area contributed by atoms with E-state index in [1.807, 2.05) is 4.90 Å². The van der Waals surface area contributed by atoms with Crippen molar-refractivity contribution in [2.24, 2.45) is 0 Å². The molecule has 2 aliphatic heterocycles. The van der Waals surface area contributed by atoms with Crippen molar-refractivity contribution in [1.82, 2.24) is 15.1 Å². The predicted molar refractivity (Wildman–Crippen MR) is 86.2 cm³/mol. The van der Waals surface area contributed by atoms with Crippen LogP contribution in [0.15, 0.2) is 24.3 Å². The van der Waals surface area contributed by atoms with Crippen LogP contribution < -0.4 is 5.32 Å². The smallest absolute Gasteiger partial charge is 0.269 e. The zero-order valence-corrected chi connectivity index (χ0v) is 13.1. The van der Waals surface area contributed by atoms with Crippen LogP contribution in [0.1, 0.15) is 12.0 Å². The summed E-state index contributed by atoms with van der Waals surface area (Å²) in [7, 11) is 0. The third-order valence-corrected chi connectivity index (χ3v) is 4.69. The highest BCUT2D eigenvalue weighted by Crippen LogP contribution is 2.16. The van der Waals surface area contributed by atoms with Gasteiger partial charge in [-0.05, 0) is 18.5 Å². The Morgan fingerprint density at radius 2 is 2.09 bits per heavy atom. The second kappa shape index (κ2) is 7.06. The molecule has 7 heteroatoms. The van der Waals surface area contributed by atoms with E-state index in [4.69, 9.17) is 0 Å². The van der Waals surface area contributed by atoms with Crippen molar-refractivity contribution in [1.29, 1.82) is 0 Å². The van der Waals surface area contributed by atoms with E-state index in [2.05, 4.69) is 10.2 Å². The van der Waals surface area contributed by atoms with Gasteiger partial charge in [-0.2, -0.15) is 0 Å². The van der Waals surface area contributed by atoms with Crippen molar-refractivity contribution in [3.8, 4) is 0 Å². The van der Waals surface area contributed by atoms with Crippen LogP contribution in [0.3, 0.4) is 0 Å². The van der Waals surface area contributed by atoms with E-state index in [-0.39, 0.29) is 18.0 Å². The predicted octanol–water partition coefficient (Wildman–Crippen LogP) is 0.643. The monoisotopic (exact) mass is 318 g/mol. The standard InChI is InChI=1S/C16H22N4O3/c21-16(11-13-2-1-3-14(10-13)20(22)23)19-8-6-18(7-9-19)15-4-5-17-12-15/h1-3,10,15,17H,4-9,11-12H2. The second-order valence-electron chi connectivity index (χ2n) is 6.17. The number of carbonyl (C=O) groups is 1. The largest absolute Gasteiger partial charge is 0.340 e. The van der Waals surface area contributed by atoms with Crippen LogP contribution in [-0.4, -0.2) is 65.9 Å². The summed E-state index contributed by atoms with van der Waals surface area (Å²) in [6, 6.07) is 6.93. The molecule has 1 amide bonds. The number of amides is 1. The summed E-state index contributed by atoms with van der Waals surface area (Å²) in [4.78, 5) is 27.1. The molecule has 124 valence electrons. The average Bonchev–Trinajstić information content (AvgIpc) is 3.09. The van der Waals surface area contributed by atoms with E-state index in [0.29, 0.717) is 11.6 Å². The van der Waals surface area contributed by atoms with Gasteiger partial charge in [-0.3, -0.25) is 19.8 Å². The molecule has 23 heavy (non-hydrogen) atoms. The number of rotatable bonds is 4. The third-order valence-electron chi connectivity index (χ3n) is 4.69. The summed E-state index contributed by atoms with van der Waals surface area (Å²) in [6.07, 6.45) is 1.41. The Kier molecular flexibility index (Phi) is 4.88. The minimum absolute atomic E-state index is 0.0360. The fraction of sp³-hybridized carbons (Fsp3) is 0.562. The molecule has 1 aromatic carbocycles. The topological polar surface area (TPSA) is 78.7 Å². The Balaban J connectivity index is 1.53. The molecule has 0 aliphatic carbocycles. The van der Waals surface area contributed by atoms with Crippen LogP contribution in [0.2, 0.25) is 0 Å². The SMILES string of the molecule is O=C(Cc1cccc([N+](=O)[O-])c1)N1CCN(C2CCNC2)CC1. The maximum Gasteiger partial charge on any atom is 0.269 e. The van der Waals surface area contributed by atoms with Gasteiger partial charge < -0.3 is 10.2 Å². The van der Waals surface area contributed by atoms with Gasteiger partial charge in [0.15, 0.2) is 0 Å². The molecule has 0 bridgehead atoms. The molecule has 1 aromatic rings. The van der Waals surface area contributed by atoms with Gasteiger partial charge in [0.05, 0.1) is 11.3 Å². The summed E-state index contributed by atoms with van der Waals surface area (Å²) in [5.74, 6) is 0.0506. The maximum absolute atomic E-state index is 12.4. The number of nitro groups is 1. The molecule has 2 saturated heterocycles. The lowest BCUT2D eigenvalue weighted by molar-refractivity contribution is -0.384. The number of non-ortho nitro benzene ring substituents is 1. The van der Waals surface area contributed by atoms with Crippen molar-refractivity contribution >= 4 is 11.6 Å². The fourth-order valence-electron chi connectivity index (χ4n) is 3.35. The number of hydrogen-bond acceptors (Lipinski definition) is 5. The van der Waals surface area contributed by atoms with Gasteiger partial charge >= 0.3 is 0 Å². The van der Waals surface area contributed by atoms with Crippen LogP contribution in [0.4, 0.5) is 5.69 Å². The summed E-state index contributed by atoms with van der Waals surface area (Å²) in [6.45, 7) is 5.42. The Bertz CT molecular complexity index is 578. The number of carbonyl (C=O) groups excluding carboxylic acids is 1. The zero-order valence-electron chi connectivity index (χ0n) is 13.1. The van der Waals surface area contributed by atoms with Gasteiger partial charge in [-0.25, -0.2) is 0 Å². The molecule has 3 rings (SSSR count). The van der Waals surface area contributed by atoms with Gasteiger partial charge in [0.1, 0.15) is 0 Å². The summed E-state index contributed by atoms with van der Waals surface area (Å²) >= 11 is 0. The van der Waals surface area contributed by atoms with E-state index in [0.717, 1.165) is 39.3 Å². The summed E-state index contributed by atoms with van der Waals surface area (Å²) in [5.41, 5.74) is 0.737. The maximum atomic E-state index is 12.4. The third kappa shape index (κ3) is 3.86. The van der Waals surface area contributed by atoms with Crippen molar-refractivity contribution < 1.29 is 9.72 Å². The normalized spacial score (nSPS) is 22.3. The second-order valence-corrected chi connectivity index (χ2v) is 6.17. The minimum Gasteiger partial charge on any atom is -0.340 e. The Hall–Kier alpha value is -1.99. The lowest BCUT2D eigenvalue weighted by Crippen LogP contribution is -2.52. The molecular weight excluding hydrogens is 296 g/mol. The number of hydrogen-bond donors (Lipinski definition) is 1. The Morgan fingerprint density at radius 1 is 1.30 bits per heavy atom. The number of nitrogens with zero attached hydrogens (tertiary/aromatic N) is 3. The van der Waals surface area contributed by atoms with E-state index in [1.54, 1.807) is 12.1 Å². The summed E-state index contributed by atoms with van der Waals surface area (Å²) in [5, 5.41) is 14.2. The molecule has 2 aliphatic rings. The molecule has 7 nitrogen and oxygen atoms in total. The molecule has 0 spiro atoms. The highest BCUT2D eigenvalue weighted by Gasteiger charge is 2.27.